The molecule has 0 radical (unpaired) electrons. The molecule has 3 aromatic carbocycles. The van der Waals surface area contributed by atoms with Crippen LogP contribution in [0, 0.1) is 12.7 Å². The monoisotopic (exact) mass is 560 g/mol. The van der Waals surface area contributed by atoms with Gasteiger partial charge in [0.05, 0.1) is 21.9 Å². The number of nitrogens with one attached hydrogen (secondary N) is 1. The van der Waals surface area contributed by atoms with Crippen LogP contribution in [0.1, 0.15) is 55.4 Å². The Labute approximate surface area is 235 Å². The highest BCUT2D eigenvalue weighted by molar-refractivity contribution is 8.00. The van der Waals surface area contributed by atoms with Crippen LogP contribution < -0.4 is 10.1 Å². The van der Waals surface area contributed by atoms with Gasteiger partial charge in [0, 0.05) is 24.3 Å². The summed E-state index contributed by atoms with van der Waals surface area (Å²) in [4.78, 5) is 14.2. The summed E-state index contributed by atoms with van der Waals surface area (Å²) in [5, 5.41) is 16.8. The van der Waals surface area contributed by atoms with Crippen molar-refractivity contribution in [2.24, 2.45) is 5.16 Å². The van der Waals surface area contributed by atoms with Gasteiger partial charge in [0.2, 0.25) is 0 Å². The van der Waals surface area contributed by atoms with Gasteiger partial charge in [-0.15, -0.1) is 23.1 Å². The van der Waals surface area contributed by atoms with Crippen LogP contribution in [-0.2, 0) is 18.7 Å². The number of ether oxygens (including phenoxy) is 1. The largest absolute Gasteiger partial charge is 0.497 e. The van der Waals surface area contributed by atoms with Gasteiger partial charge < -0.3 is 15.3 Å². The third-order valence-corrected chi connectivity index (χ3v) is 9.41. The second-order valence-corrected chi connectivity index (χ2v) is 11.9. The van der Waals surface area contributed by atoms with Crippen LogP contribution in [0.2, 0.25) is 0 Å². The van der Waals surface area contributed by atoms with Gasteiger partial charge in [0.1, 0.15) is 11.6 Å². The lowest BCUT2D eigenvalue weighted by Crippen LogP contribution is -2.25. The number of aryl methyl sites for hydroxylation is 1. The standard InChI is InChI=1S/C31H29FN2O3S2/c1-19-12-21(14-24(32)13-19)17-33-30(35)29-26-15-23(22-8-10-25(37-2)11-9-22)16-27(34-36)28(26)31(39-29)38-18-20-6-4-3-5-7-20/h3-14,23,36H,15-18H2,1-2H3,(H,33,35)/b34-27+. The lowest BCUT2D eigenvalue weighted by Gasteiger charge is -2.25. The minimum absolute atomic E-state index is 0.0494. The molecule has 8 heteroatoms. The molecule has 1 aliphatic carbocycles. The smallest absolute Gasteiger partial charge is 0.261 e. The zero-order valence-electron chi connectivity index (χ0n) is 21.7. The number of oxime groups is 1. The van der Waals surface area contributed by atoms with Crippen molar-refractivity contribution >= 4 is 34.7 Å². The van der Waals surface area contributed by atoms with E-state index in [1.165, 1.54) is 29.0 Å². The number of hydrogen-bond acceptors (Lipinski definition) is 6. The summed E-state index contributed by atoms with van der Waals surface area (Å²) in [6.45, 7) is 2.05. The van der Waals surface area contributed by atoms with E-state index < -0.39 is 0 Å². The molecule has 1 heterocycles. The van der Waals surface area contributed by atoms with E-state index in [-0.39, 0.29) is 24.2 Å². The Morgan fingerprint density at radius 3 is 2.56 bits per heavy atom. The molecule has 0 aliphatic heterocycles. The molecule has 5 rings (SSSR count). The maximum atomic E-state index is 13.9. The zero-order valence-corrected chi connectivity index (χ0v) is 23.4. The number of carbonyl (C=O) groups excluding carboxylic acids is 1. The molecule has 1 amide bonds. The average Bonchev–Trinajstić information content (AvgIpc) is 3.33. The number of thiophene rings is 1. The first-order chi connectivity index (χ1) is 18.9. The highest BCUT2D eigenvalue weighted by Crippen LogP contribution is 2.45. The molecule has 1 aromatic heterocycles. The minimum atomic E-state index is -0.321. The van der Waals surface area contributed by atoms with Gasteiger partial charge in [-0.1, -0.05) is 53.7 Å². The fraction of sp³-hybridized carbons (Fsp3) is 0.226. The van der Waals surface area contributed by atoms with Crippen molar-refractivity contribution in [3.63, 3.8) is 0 Å². The number of methoxy groups -OCH3 is 1. The second kappa shape index (κ2) is 12.1. The number of benzene rings is 3. The molecule has 200 valence electrons. The third-order valence-electron chi connectivity index (χ3n) is 6.84. The van der Waals surface area contributed by atoms with E-state index in [1.807, 2.05) is 55.5 Å². The molecular formula is C31H29FN2O3S2. The predicted octanol–water partition coefficient (Wildman–Crippen LogP) is 7.33. The van der Waals surface area contributed by atoms with Crippen LogP contribution in [0.5, 0.6) is 5.75 Å². The Balaban J connectivity index is 1.47. The molecule has 0 spiro atoms. The molecule has 0 fully saturated rings. The number of halogens is 1. The first kappa shape index (κ1) is 27.0. The van der Waals surface area contributed by atoms with Crippen molar-refractivity contribution in [2.45, 2.75) is 42.2 Å². The van der Waals surface area contributed by atoms with Crippen molar-refractivity contribution in [2.75, 3.05) is 7.11 Å². The Kier molecular flexibility index (Phi) is 8.33. The SMILES string of the molecule is COc1ccc(C2C/C(=N\O)c3c(SCc4ccccc4)sc(C(=O)NCc4cc(C)cc(F)c4)c3C2)cc1. The summed E-state index contributed by atoms with van der Waals surface area (Å²) in [5.74, 6) is 1.02. The van der Waals surface area contributed by atoms with Crippen molar-refractivity contribution < 1.29 is 19.1 Å². The molecule has 1 unspecified atom stereocenters. The summed E-state index contributed by atoms with van der Waals surface area (Å²) in [5.41, 5.74) is 6.12. The van der Waals surface area contributed by atoms with E-state index in [0.29, 0.717) is 29.0 Å². The van der Waals surface area contributed by atoms with Gasteiger partial charge in [-0.25, -0.2) is 4.39 Å². The van der Waals surface area contributed by atoms with Gasteiger partial charge in [0.25, 0.3) is 5.91 Å². The Bertz CT molecular complexity index is 1480. The molecular weight excluding hydrogens is 531 g/mol. The Morgan fingerprint density at radius 2 is 1.87 bits per heavy atom. The number of hydrogen-bond donors (Lipinski definition) is 2. The fourth-order valence-electron chi connectivity index (χ4n) is 4.97. The van der Waals surface area contributed by atoms with E-state index in [4.69, 9.17) is 4.74 Å². The number of thioether (sulfide) groups is 1. The molecule has 4 aromatic rings. The van der Waals surface area contributed by atoms with Gasteiger partial charge in [-0.05, 0) is 71.3 Å². The predicted molar refractivity (Wildman–Crippen MR) is 155 cm³/mol. The molecule has 1 atom stereocenters. The number of fused-ring (bicyclic) bond motifs is 1. The molecule has 1 aliphatic rings. The zero-order chi connectivity index (χ0) is 27.4. The molecule has 0 bridgehead atoms. The number of nitrogens with zero attached hydrogens (tertiary/aromatic N) is 1. The molecule has 5 nitrogen and oxygen atoms in total. The number of carbonyl (C=O) groups is 1. The summed E-state index contributed by atoms with van der Waals surface area (Å²) in [7, 11) is 1.63. The van der Waals surface area contributed by atoms with Crippen LogP contribution in [0.25, 0.3) is 0 Å². The molecule has 39 heavy (non-hydrogen) atoms. The second-order valence-electron chi connectivity index (χ2n) is 9.59. The topological polar surface area (TPSA) is 70.9 Å². The van der Waals surface area contributed by atoms with Gasteiger partial charge in [0.15, 0.2) is 0 Å². The number of rotatable bonds is 8. The quantitative estimate of drug-likeness (QED) is 0.134. The van der Waals surface area contributed by atoms with E-state index in [1.54, 1.807) is 18.9 Å². The first-order valence-corrected chi connectivity index (χ1v) is 14.5. The van der Waals surface area contributed by atoms with Crippen molar-refractivity contribution in [3.05, 3.63) is 117 Å². The van der Waals surface area contributed by atoms with Crippen LogP contribution >= 0.6 is 23.1 Å². The maximum absolute atomic E-state index is 13.9. The first-order valence-electron chi connectivity index (χ1n) is 12.7. The van der Waals surface area contributed by atoms with E-state index in [9.17, 15) is 14.4 Å². The van der Waals surface area contributed by atoms with E-state index >= 15 is 0 Å². The van der Waals surface area contributed by atoms with Crippen LogP contribution in [0.4, 0.5) is 4.39 Å². The lowest BCUT2D eigenvalue weighted by molar-refractivity contribution is 0.0954. The summed E-state index contributed by atoms with van der Waals surface area (Å²) < 4.78 is 20.2. The van der Waals surface area contributed by atoms with Crippen LogP contribution in [-0.4, -0.2) is 23.9 Å². The Morgan fingerprint density at radius 1 is 1.10 bits per heavy atom. The fourth-order valence-corrected chi connectivity index (χ4v) is 7.51. The molecule has 2 N–H and O–H groups in total. The lowest BCUT2D eigenvalue weighted by atomic mass is 9.80. The van der Waals surface area contributed by atoms with E-state index in [2.05, 4.69) is 22.6 Å². The summed E-state index contributed by atoms with van der Waals surface area (Å²) in [6.07, 6.45) is 1.21. The highest BCUT2D eigenvalue weighted by atomic mass is 32.2. The Hall–Kier alpha value is -3.62. The van der Waals surface area contributed by atoms with Gasteiger partial charge in [-0.3, -0.25) is 4.79 Å². The summed E-state index contributed by atoms with van der Waals surface area (Å²) >= 11 is 3.08. The maximum Gasteiger partial charge on any atom is 0.261 e. The highest BCUT2D eigenvalue weighted by Gasteiger charge is 2.34. The summed E-state index contributed by atoms with van der Waals surface area (Å²) in [6, 6.07) is 22.8. The van der Waals surface area contributed by atoms with Crippen LogP contribution in [0.3, 0.4) is 0 Å². The average molecular weight is 561 g/mol. The number of amides is 1. The molecule has 0 saturated heterocycles. The van der Waals surface area contributed by atoms with Crippen LogP contribution in [0.15, 0.2) is 82.2 Å². The van der Waals surface area contributed by atoms with Gasteiger partial charge in [-0.2, -0.15) is 0 Å². The molecule has 0 saturated carbocycles. The van der Waals surface area contributed by atoms with Gasteiger partial charge >= 0.3 is 0 Å². The van der Waals surface area contributed by atoms with Crippen molar-refractivity contribution in [3.8, 4) is 5.75 Å². The van der Waals surface area contributed by atoms with Crippen molar-refractivity contribution in [1.29, 1.82) is 0 Å². The third kappa shape index (κ3) is 6.18. The van der Waals surface area contributed by atoms with Crippen molar-refractivity contribution in [1.82, 2.24) is 5.32 Å². The normalized spacial score (nSPS) is 15.7. The minimum Gasteiger partial charge on any atom is -0.497 e. The van der Waals surface area contributed by atoms with E-state index in [0.717, 1.165) is 38.0 Å².